The first-order chi connectivity index (χ1) is 7.09. The number of ether oxygens (including phenoxy) is 1. The molecule has 0 saturated carbocycles. The minimum Gasteiger partial charge on any atom is -0.394 e. The number of halogens is 2. The molecule has 0 spiro atoms. The van der Waals surface area contributed by atoms with E-state index in [9.17, 15) is 8.78 Å². The molecule has 7 heteroatoms. The Labute approximate surface area is 86.2 Å². The smallest absolute Gasteiger partial charge is 0.261 e. The van der Waals surface area contributed by atoms with Crippen molar-refractivity contribution in [1.29, 1.82) is 0 Å². The number of aromatic nitrogens is 2. The average molecular weight is 220 g/mol. The third-order valence-electron chi connectivity index (χ3n) is 1.64. The van der Waals surface area contributed by atoms with Crippen molar-refractivity contribution in [3.8, 4) is 0 Å². The van der Waals surface area contributed by atoms with Crippen molar-refractivity contribution in [2.24, 2.45) is 7.05 Å². The summed E-state index contributed by atoms with van der Waals surface area (Å²) in [4.78, 5) is 0. The molecule has 0 saturated heterocycles. The summed E-state index contributed by atoms with van der Waals surface area (Å²) in [6, 6.07) is 0. The first-order valence-corrected chi connectivity index (χ1v) is 4.48. The van der Waals surface area contributed by atoms with Crippen LogP contribution in [0.3, 0.4) is 0 Å². The molecule has 15 heavy (non-hydrogen) atoms. The highest BCUT2D eigenvalue weighted by Gasteiger charge is 2.04. The summed E-state index contributed by atoms with van der Waals surface area (Å²) in [6.07, 6.45) is -0.771. The standard InChI is InChI=1S/C8H14F2N4O/c1-14-4-6(11)8(13-14)12-2-3-15-5-7(9)10/h4,7H,2-3,5,11H2,1H3,(H,12,13). The topological polar surface area (TPSA) is 65.1 Å². The molecule has 3 N–H and O–H groups in total. The molecule has 1 aromatic rings. The summed E-state index contributed by atoms with van der Waals surface area (Å²) in [5.74, 6) is 0.540. The lowest BCUT2D eigenvalue weighted by Gasteiger charge is -2.04. The van der Waals surface area contributed by atoms with Gasteiger partial charge in [0.05, 0.1) is 12.3 Å². The Morgan fingerprint density at radius 2 is 2.40 bits per heavy atom. The van der Waals surface area contributed by atoms with Crippen molar-refractivity contribution in [2.75, 3.05) is 30.8 Å². The second-order valence-corrected chi connectivity index (χ2v) is 3.00. The Morgan fingerprint density at radius 3 is 2.93 bits per heavy atom. The molecule has 0 bridgehead atoms. The van der Waals surface area contributed by atoms with Gasteiger partial charge in [-0.2, -0.15) is 5.10 Å². The van der Waals surface area contributed by atoms with E-state index in [1.54, 1.807) is 17.9 Å². The van der Waals surface area contributed by atoms with Gasteiger partial charge in [-0.1, -0.05) is 0 Å². The molecule has 0 atom stereocenters. The summed E-state index contributed by atoms with van der Waals surface area (Å²) >= 11 is 0. The lowest BCUT2D eigenvalue weighted by atomic mass is 10.5. The molecular weight excluding hydrogens is 206 g/mol. The zero-order valence-electron chi connectivity index (χ0n) is 8.41. The van der Waals surface area contributed by atoms with Crippen LogP contribution in [0.5, 0.6) is 0 Å². The SMILES string of the molecule is Cn1cc(N)c(NCCOCC(F)F)n1. The third-order valence-corrected chi connectivity index (χ3v) is 1.64. The molecule has 5 nitrogen and oxygen atoms in total. The van der Waals surface area contributed by atoms with Gasteiger partial charge < -0.3 is 15.8 Å². The van der Waals surface area contributed by atoms with Crippen LogP contribution in [0.2, 0.25) is 0 Å². The van der Waals surface area contributed by atoms with Gasteiger partial charge in [0.15, 0.2) is 5.82 Å². The number of nitrogen functional groups attached to an aromatic ring is 1. The first-order valence-electron chi connectivity index (χ1n) is 4.48. The first kappa shape index (κ1) is 11.7. The van der Waals surface area contributed by atoms with Crippen molar-refractivity contribution in [3.63, 3.8) is 0 Å². The van der Waals surface area contributed by atoms with Crippen LogP contribution in [-0.4, -0.2) is 36.0 Å². The maximum Gasteiger partial charge on any atom is 0.261 e. The minimum absolute atomic E-state index is 0.195. The number of hydrogen-bond donors (Lipinski definition) is 2. The molecule has 0 aromatic carbocycles. The molecule has 0 aliphatic rings. The monoisotopic (exact) mass is 220 g/mol. The van der Waals surface area contributed by atoms with Crippen LogP contribution < -0.4 is 11.1 Å². The summed E-state index contributed by atoms with van der Waals surface area (Å²) in [7, 11) is 1.74. The van der Waals surface area contributed by atoms with Crippen molar-refractivity contribution >= 4 is 11.5 Å². The van der Waals surface area contributed by atoms with Gasteiger partial charge in [-0.3, -0.25) is 4.68 Å². The van der Waals surface area contributed by atoms with E-state index in [-0.39, 0.29) is 6.61 Å². The number of nitrogens with one attached hydrogen (secondary N) is 1. The van der Waals surface area contributed by atoms with Crippen LogP contribution in [0, 0.1) is 0 Å². The predicted octanol–water partition coefficient (Wildman–Crippen LogP) is 0.696. The molecular formula is C8H14F2N4O. The van der Waals surface area contributed by atoms with Crippen molar-refractivity contribution in [3.05, 3.63) is 6.20 Å². The Kier molecular flexibility index (Phi) is 4.29. The molecule has 0 aliphatic heterocycles. The number of nitrogens with zero attached hydrogens (tertiary/aromatic N) is 2. The van der Waals surface area contributed by atoms with E-state index in [0.29, 0.717) is 18.1 Å². The highest BCUT2D eigenvalue weighted by Crippen LogP contribution is 2.13. The normalized spacial score (nSPS) is 10.9. The predicted molar refractivity (Wildman–Crippen MR) is 52.9 cm³/mol. The molecule has 0 amide bonds. The van der Waals surface area contributed by atoms with Gasteiger partial charge in [0.2, 0.25) is 0 Å². The van der Waals surface area contributed by atoms with E-state index < -0.39 is 13.0 Å². The number of aryl methyl sites for hydroxylation is 1. The van der Waals surface area contributed by atoms with E-state index in [4.69, 9.17) is 5.73 Å². The highest BCUT2D eigenvalue weighted by atomic mass is 19.3. The fourth-order valence-corrected chi connectivity index (χ4v) is 1.06. The Balaban J connectivity index is 2.17. The molecule has 0 aliphatic carbocycles. The Hall–Kier alpha value is -1.37. The van der Waals surface area contributed by atoms with E-state index >= 15 is 0 Å². The lowest BCUT2D eigenvalue weighted by molar-refractivity contribution is 0.0215. The van der Waals surface area contributed by atoms with Gasteiger partial charge in [-0.05, 0) is 0 Å². The average Bonchev–Trinajstić information content (AvgIpc) is 2.44. The van der Waals surface area contributed by atoms with Gasteiger partial charge in [0.1, 0.15) is 6.61 Å². The summed E-state index contributed by atoms with van der Waals surface area (Å²) in [6.45, 7) is 0.0493. The third kappa shape index (κ3) is 4.11. The summed E-state index contributed by atoms with van der Waals surface area (Å²) in [5.41, 5.74) is 6.12. The minimum atomic E-state index is -2.43. The van der Waals surface area contributed by atoms with Crippen LogP contribution in [0.15, 0.2) is 6.20 Å². The van der Waals surface area contributed by atoms with Crippen LogP contribution in [-0.2, 0) is 11.8 Å². The van der Waals surface area contributed by atoms with Gasteiger partial charge in [0, 0.05) is 19.8 Å². The van der Waals surface area contributed by atoms with E-state index in [1.807, 2.05) is 0 Å². The maximum atomic E-state index is 11.7. The molecule has 0 fully saturated rings. The molecule has 1 aromatic heterocycles. The number of rotatable bonds is 6. The van der Waals surface area contributed by atoms with E-state index in [0.717, 1.165) is 0 Å². The number of hydrogen-bond acceptors (Lipinski definition) is 4. The van der Waals surface area contributed by atoms with Crippen LogP contribution in [0.25, 0.3) is 0 Å². The van der Waals surface area contributed by atoms with Gasteiger partial charge in [-0.25, -0.2) is 8.78 Å². The van der Waals surface area contributed by atoms with Crippen LogP contribution in [0.1, 0.15) is 0 Å². The Morgan fingerprint density at radius 1 is 1.67 bits per heavy atom. The summed E-state index contributed by atoms with van der Waals surface area (Å²) in [5, 5.41) is 6.90. The number of nitrogens with two attached hydrogens (primary N) is 1. The Bertz CT molecular complexity index is 303. The second-order valence-electron chi connectivity index (χ2n) is 3.00. The van der Waals surface area contributed by atoms with Gasteiger partial charge in [0.25, 0.3) is 6.43 Å². The zero-order valence-corrected chi connectivity index (χ0v) is 8.41. The van der Waals surface area contributed by atoms with Gasteiger partial charge >= 0.3 is 0 Å². The van der Waals surface area contributed by atoms with Crippen molar-refractivity contribution in [2.45, 2.75) is 6.43 Å². The van der Waals surface area contributed by atoms with E-state index in [1.165, 1.54) is 0 Å². The summed E-state index contributed by atoms with van der Waals surface area (Å²) < 4.78 is 29.6. The van der Waals surface area contributed by atoms with Crippen LogP contribution in [0.4, 0.5) is 20.3 Å². The van der Waals surface area contributed by atoms with Crippen LogP contribution >= 0.6 is 0 Å². The largest absolute Gasteiger partial charge is 0.394 e. The quantitative estimate of drug-likeness (QED) is 0.692. The number of alkyl halides is 2. The maximum absolute atomic E-state index is 11.7. The highest BCUT2D eigenvalue weighted by molar-refractivity contribution is 5.59. The molecule has 1 heterocycles. The lowest BCUT2D eigenvalue weighted by Crippen LogP contribution is -2.14. The van der Waals surface area contributed by atoms with Crippen molar-refractivity contribution in [1.82, 2.24) is 9.78 Å². The zero-order chi connectivity index (χ0) is 11.3. The van der Waals surface area contributed by atoms with Crippen molar-refractivity contribution < 1.29 is 13.5 Å². The fraction of sp³-hybridized carbons (Fsp3) is 0.625. The fourth-order valence-electron chi connectivity index (χ4n) is 1.06. The molecule has 1 rings (SSSR count). The molecule has 86 valence electrons. The number of anilines is 2. The molecule has 0 unspecified atom stereocenters. The van der Waals surface area contributed by atoms with Gasteiger partial charge in [-0.15, -0.1) is 0 Å². The second kappa shape index (κ2) is 5.50. The van der Waals surface area contributed by atoms with E-state index in [2.05, 4.69) is 15.2 Å². The molecule has 0 radical (unpaired) electrons.